The number of amides is 1. The Bertz CT molecular complexity index is 365. The van der Waals surface area contributed by atoms with Crippen LogP contribution < -0.4 is 5.32 Å². The normalized spacial score (nSPS) is 11.3. The highest BCUT2D eigenvalue weighted by atomic mass is 16.6. The summed E-state index contributed by atoms with van der Waals surface area (Å²) in [6, 6.07) is 1.56. The monoisotopic (exact) mass is 241 g/mol. The molecule has 1 aromatic rings. The minimum Gasteiger partial charge on any atom is -0.464 e. The van der Waals surface area contributed by atoms with E-state index >= 15 is 0 Å². The quantitative estimate of drug-likeness (QED) is 0.591. The summed E-state index contributed by atoms with van der Waals surface area (Å²) in [6.45, 7) is 0.245. The molecule has 0 aliphatic heterocycles. The van der Waals surface area contributed by atoms with Crippen molar-refractivity contribution in [2.75, 3.05) is 11.9 Å². The molecule has 1 unspecified atom stereocenters. The van der Waals surface area contributed by atoms with Crippen molar-refractivity contribution in [2.45, 2.75) is 12.5 Å². The molecule has 92 valence electrons. The predicted molar refractivity (Wildman–Crippen MR) is 54.8 cm³/mol. The fraction of sp³-hybridized carbons (Fsp3) is 0.333. The van der Waals surface area contributed by atoms with Gasteiger partial charge in [0.15, 0.2) is 0 Å². The molecule has 0 fully saturated rings. The number of hydrogen-bond acceptors (Lipinski definition) is 6. The summed E-state index contributed by atoms with van der Waals surface area (Å²) < 4.78 is 9.00. The number of aromatic nitrogens is 2. The zero-order valence-corrected chi connectivity index (χ0v) is 8.79. The van der Waals surface area contributed by atoms with Crippen molar-refractivity contribution in [2.24, 2.45) is 0 Å². The van der Waals surface area contributed by atoms with Crippen LogP contribution in [-0.2, 0) is 23.9 Å². The van der Waals surface area contributed by atoms with Crippen molar-refractivity contribution in [3.05, 3.63) is 12.3 Å². The number of nitrogens with zero attached hydrogens (tertiary/aromatic N) is 1. The molecule has 8 nitrogen and oxygen atoms in total. The van der Waals surface area contributed by atoms with Crippen molar-refractivity contribution in [3.63, 3.8) is 0 Å². The lowest BCUT2D eigenvalue weighted by Gasteiger charge is -2.12. The number of aromatic amines is 1. The van der Waals surface area contributed by atoms with E-state index in [0.29, 0.717) is 5.82 Å². The van der Waals surface area contributed by atoms with E-state index in [-0.39, 0.29) is 26.0 Å². The van der Waals surface area contributed by atoms with Crippen LogP contribution in [0.5, 0.6) is 0 Å². The molecule has 0 radical (unpaired) electrons. The largest absolute Gasteiger partial charge is 0.464 e. The fourth-order valence-electron chi connectivity index (χ4n) is 1.11. The molecule has 1 heterocycles. The van der Waals surface area contributed by atoms with E-state index < -0.39 is 12.0 Å². The molecular weight excluding hydrogens is 230 g/mol. The summed E-state index contributed by atoms with van der Waals surface area (Å²) in [7, 11) is 0. The summed E-state index contributed by atoms with van der Waals surface area (Å²) in [4.78, 5) is 31.6. The van der Waals surface area contributed by atoms with Gasteiger partial charge >= 0.3 is 0 Å². The lowest BCUT2D eigenvalue weighted by Crippen LogP contribution is -2.26. The molecule has 17 heavy (non-hydrogen) atoms. The maximum Gasteiger partial charge on any atom is 0.293 e. The minimum absolute atomic E-state index is 0.119. The van der Waals surface area contributed by atoms with Gasteiger partial charge in [-0.25, -0.2) is 0 Å². The minimum atomic E-state index is -0.805. The van der Waals surface area contributed by atoms with E-state index in [9.17, 15) is 14.4 Å². The molecule has 8 heteroatoms. The number of anilines is 1. The Kier molecular flexibility index (Phi) is 5.21. The van der Waals surface area contributed by atoms with Gasteiger partial charge in [-0.1, -0.05) is 0 Å². The van der Waals surface area contributed by atoms with Gasteiger partial charge in [-0.3, -0.25) is 19.5 Å². The predicted octanol–water partition coefficient (Wildman–Crippen LogP) is -0.547. The summed E-state index contributed by atoms with van der Waals surface area (Å²) >= 11 is 0. The van der Waals surface area contributed by atoms with Gasteiger partial charge in [-0.2, -0.15) is 5.10 Å². The average Bonchev–Trinajstić information content (AvgIpc) is 2.78. The Hall–Kier alpha value is -2.38. The number of nitrogens with one attached hydrogen (secondary N) is 2. The standard InChI is InChI=1S/C9H11N3O5/c13-5-16-4-7(17-6-14)3-9(15)11-8-1-2-10-12-8/h1-2,5-7H,3-4H2,(H2,10,11,12,15). The third-order valence-electron chi connectivity index (χ3n) is 1.79. The van der Waals surface area contributed by atoms with Crippen LogP contribution in [0.25, 0.3) is 0 Å². The van der Waals surface area contributed by atoms with Crippen LogP contribution in [0.2, 0.25) is 0 Å². The van der Waals surface area contributed by atoms with Crippen LogP contribution in [0.15, 0.2) is 12.3 Å². The topological polar surface area (TPSA) is 110 Å². The first-order chi connectivity index (χ1) is 8.26. The maximum atomic E-state index is 11.5. The fourth-order valence-corrected chi connectivity index (χ4v) is 1.11. The molecular formula is C9H11N3O5. The second-order valence-corrected chi connectivity index (χ2v) is 3.01. The highest BCUT2D eigenvalue weighted by molar-refractivity contribution is 5.90. The van der Waals surface area contributed by atoms with Gasteiger partial charge in [0.05, 0.1) is 12.6 Å². The average molecular weight is 241 g/mol. The molecule has 0 bridgehead atoms. The smallest absolute Gasteiger partial charge is 0.293 e. The van der Waals surface area contributed by atoms with Gasteiger partial charge in [0.2, 0.25) is 5.91 Å². The van der Waals surface area contributed by atoms with Gasteiger partial charge < -0.3 is 14.8 Å². The molecule has 0 spiro atoms. The first-order valence-corrected chi connectivity index (χ1v) is 4.70. The van der Waals surface area contributed by atoms with Crippen molar-refractivity contribution >= 4 is 24.7 Å². The number of carbonyl (C=O) groups is 3. The Balaban J connectivity index is 2.39. The van der Waals surface area contributed by atoms with Gasteiger partial charge in [0, 0.05) is 6.07 Å². The van der Waals surface area contributed by atoms with Crippen LogP contribution in [0.3, 0.4) is 0 Å². The van der Waals surface area contributed by atoms with Crippen molar-refractivity contribution < 1.29 is 23.9 Å². The molecule has 0 aliphatic carbocycles. The van der Waals surface area contributed by atoms with Crippen molar-refractivity contribution in [1.82, 2.24) is 10.2 Å². The zero-order chi connectivity index (χ0) is 12.5. The van der Waals surface area contributed by atoms with E-state index in [0.717, 1.165) is 0 Å². The first-order valence-electron chi connectivity index (χ1n) is 4.70. The van der Waals surface area contributed by atoms with Crippen molar-refractivity contribution in [3.8, 4) is 0 Å². The summed E-state index contributed by atoms with van der Waals surface area (Å²) in [6.07, 6.45) is 0.552. The van der Waals surface area contributed by atoms with Crippen LogP contribution >= 0.6 is 0 Å². The SMILES string of the molecule is O=COCC(CC(=O)Nc1ccn[nH]1)OC=O. The Morgan fingerprint density at radius 2 is 2.35 bits per heavy atom. The lowest BCUT2D eigenvalue weighted by molar-refractivity contribution is -0.144. The van der Waals surface area contributed by atoms with E-state index in [1.54, 1.807) is 6.07 Å². The highest BCUT2D eigenvalue weighted by Crippen LogP contribution is 2.03. The third kappa shape index (κ3) is 4.78. The molecule has 2 N–H and O–H groups in total. The van der Waals surface area contributed by atoms with E-state index in [2.05, 4.69) is 25.0 Å². The second kappa shape index (κ2) is 6.99. The molecule has 1 atom stereocenters. The summed E-state index contributed by atoms with van der Waals surface area (Å²) in [5.41, 5.74) is 0. The molecule has 0 aromatic carbocycles. The first kappa shape index (κ1) is 12.7. The molecule has 1 rings (SSSR count). The van der Waals surface area contributed by atoms with Crippen LogP contribution in [0.1, 0.15) is 6.42 Å². The zero-order valence-electron chi connectivity index (χ0n) is 8.79. The molecule has 0 aliphatic rings. The highest BCUT2D eigenvalue weighted by Gasteiger charge is 2.16. The number of H-pyrrole nitrogens is 1. The van der Waals surface area contributed by atoms with Crippen LogP contribution in [0.4, 0.5) is 5.82 Å². The van der Waals surface area contributed by atoms with Crippen molar-refractivity contribution in [1.29, 1.82) is 0 Å². The number of carbonyl (C=O) groups excluding carboxylic acids is 3. The molecule has 1 aromatic heterocycles. The third-order valence-corrected chi connectivity index (χ3v) is 1.79. The van der Waals surface area contributed by atoms with E-state index in [4.69, 9.17) is 0 Å². The molecule has 0 saturated carbocycles. The number of hydrogen-bond donors (Lipinski definition) is 2. The maximum absolute atomic E-state index is 11.5. The molecule has 0 saturated heterocycles. The van der Waals surface area contributed by atoms with Gasteiger partial charge in [0.1, 0.15) is 18.5 Å². The van der Waals surface area contributed by atoms with E-state index in [1.807, 2.05) is 0 Å². The number of ether oxygens (including phenoxy) is 2. The Morgan fingerprint density at radius 3 is 2.94 bits per heavy atom. The van der Waals surface area contributed by atoms with E-state index in [1.165, 1.54) is 6.20 Å². The Morgan fingerprint density at radius 1 is 1.53 bits per heavy atom. The van der Waals surface area contributed by atoms with Crippen LogP contribution in [-0.4, -0.2) is 41.8 Å². The van der Waals surface area contributed by atoms with Gasteiger partial charge in [0.25, 0.3) is 12.9 Å². The van der Waals surface area contributed by atoms with Crippen LogP contribution in [0, 0.1) is 0 Å². The summed E-state index contributed by atoms with van der Waals surface area (Å²) in [5, 5.41) is 8.67. The second-order valence-electron chi connectivity index (χ2n) is 3.01. The summed E-state index contributed by atoms with van der Waals surface area (Å²) in [5.74, 6) is 0.0340. The van der Waals surface area contributed by atoms with Gasteiger partial charge in [-0.05, 0) is 0 Å². The lowest BCUT2D eigenvalue weighted by atomic mass is 10.2. The van der Waals surface area contributed by atoms with Gasteiger partial charge in [-0.15, -0.1) is 0 Å². The molecule has 1 amide bonds. The Labute approximate surface area is 96.3 Å². The number of rotatable bonds is 8.